The lowest BCUT2D eigenvalue weighted by molar-refractivity contribution is -0.137. The van der Waals surface area contributed by atoms with E-state index in [-0.39, 0.29) is 11.6 Å². The molecule has 21 heavy (non-hydrogen) atoms. The SMILES string of the molecule is NC(=S)c1cccc(OCc2ccc(C(F)(F)F)cc2)c1. The molecule has 0 fully saturated rings. The Morgan fingerprint density at radius 1 is 1.10 bits per heavy atom. The molecule has 0 radical (unpaired) electrons. The zero-order chi connectivity index (χ0) is 15.5. The van der Waals surface area contributed by atoms with Gasteiger partial charge in [0.1, 0.15) is 17.3 Å². The van der Waals surface area contributed by atoms with E-state index >= 15 is 0 Å². The van der Waals surface area contributed by atoms with Crippen molar-refractivity contribution in [1.82, 2.24) is 0 Å². The molecule has 110 valence electrons. The summed E-state index contributed by atoms with van der Waals surface area (Å²) in [5.74, 6) is 0.556. The Kier molecular flexibility index (Phi) is 4.47. The Morgan fingerprint density at radius 2 is 1.76 bits per heavy atom. The van der Waals surface area contributed by atoms with E-state index in [1.54, 1.807) is 24.3 Å². The van der Waals surface area contributed by atoms with Crippen molar-refractivity contribution in [1.29, 1.82) is 0 Å². The second kappa shape index (κ2) is 6.13. The van der Waals surface area contributed by atoms with Crippen molar-refractivity contribution in [2.45, 2.75) is 12.8 Å². The molecule has 0 saturated heterocycles. The Morgan fingerprint density at radius 3 is 2.33 bits per heavy atom. The number of hydrogen-bond acceptors (Lipinski definition) is 2. The van der Waals surface area contributed by atoms with Crippen LogP contribution in [0.2, 0.25) is 0 Å². The van der Waals surface area contributed by atoms with Crippen molar-refractivity contribution in [2.75, 3.05) is 0 Å². The first-order valence-electron chi connectivity index (χ1n) is 6.05. The highest BCUT2D eigenvalue weighted by Gasteiger charge is 2.29. The van der Waals surface area contributed by atoms with Gasteiger partial charge < -0.3 is 10.5 Å². The molecule has 0 atom stereocenters. The molecule has 0 aliphatic carbocycles. The summed E-state index contributed by atoms with van der Waals surface area (Å²) >= 11 is 4.86. The normalized spacial score (nSPS) is 11.2. The zero-order valence-corrected chi connectivity index (χ0v) is 11.7. The molecule has 2 aromatic rings. The van der Waals surface area contributed by atoms with Gasteiger partial charge in [-0.3, -0.25) is 0 Å². The highest BCUT2D eigenvalue weighted by atomic mass is 32.1. The minimum Gasteiger partial charge on any atom is -0.489 e. The molecule has 2 N–H and O–H groups in total. The van der Waals surface area contributed by atoms with E-state index < -0.39 is 11.7 Å². The lowest BCUT2D eigenvalue weighted by atomic mass is 10.1. The second-order valence-electron chi connectivity index (χ2n) is 4.38. The van der Waals surface area contributed by atoms with Gasteiger partial charge in [0.05, 0.1) is 5.56 Å². The number of nitrogens with two attached hydrogens (primary N) is 1. The van der Waals surface area contributed by atoms with Gasteiger partial charge in [-0.25, -0.2) is 0 Å². The van der Waals surface area contributed by atoms with Crippen molar-refractivity contribution in [2.24, 2.45) is 5.73 Å². The summed E-state index contributed by atoms with van der Waals surface area (Å²) in [6.45, 7) is 0.166. The first-order chi connectivity index (χ1) is 9.86. The van der Waals surface area contributed by atoms with Crippen LogP contribution in [-0.2, 0) is 12.8 Å². The summed E-state index contributed by atoms with van der Waals surface area (Å²) in [6, 6.07) is 11.8. The van der Waals surface area contributed by atoms with Crippen LogP contribution in [0.4, 0.5) is 13.2 Å². The topological polar surface area (TPSA) is 35.2 Å². The number of alkyl halides is 3. The van der Waals surface area contributed by atoms with Crippen molar-refractivity contribution in [3.05, 3.63) is 65.2 Å². The zero-order valence-electron chi connectivity index (χ0n) is 10.9. The Hall–Kier alpha value is -2.08. The summed E-state index contributed by atoms with van der Waals surface area (Å²) in [7, 11) is 0. The molecule has 6 heteroatoms. The van der Waals surface area contributed by atoms with Gasteiger partial charge in [-0.2, -0.15) is 13.2 Å². The Labute approximate surface area is 125 Å². The molecule has 2 nitrogen and oxygen atoms in total. The maximum absolute atomic E-state index is 12.4. The van der Waals surface area contributed by atoms with Gasteiger partial charge >= 0.3 is 6.18 Å². The first kappa shape index (κ1) is 15.3. The maximum Gasteiger partial charge on any atom is 0.416 e. The van der Waals surface area contributed by atoms with Crippen molar-refractivity contribution in [3.8, 4) is 5.75 Å². The van der Waals surface area contributed by atoms with E-state index in [4.69, 9.17) is 22.7 Å². The quantitative estimate of drug-likeness (QED) is 0.869. The van der Waals surface area contributed by atoms with Gasteiger partial charge in [0, 0.05) is 5.56 Å². The summed E-state index contributed by atoms with van der Waals surface area (Å²) in [5.41, 5.74) is 6.16. The van der Waals surface area contributed by atoms with Gasteiger partial charge in [-0.1, -0.05) is 36.5 Å². The fourth-order valence-electron chi connectivity index (χ4n) is 1.70. The predicted octanol–water partition coefficient (Wildman–Crippen LogP) is 3.92. The Balaban J connectivity index is 2.03. The number of halogens is 3. The van der Waals surface area contributed by atoms with Gasteiger partial charge in [0.25, 0.3) is 0 Å². The summed E-state index contributed by atoms with van der Waals surface area (Å²) < 4.78 is 42.8. The lowest BCUT2D eigenvalue weighted by Gasteiger charge is -2.09. The van der Waals surface area contributed by atoms with E-state index in [0.717, 1.165) is 12.1 Å². The van der Waals surface area contributed by atoms with E-state index in [1.807, 2.05) is 0 Å². The third-order valence-corrected chi connectivity index (χ3v) is 3.04. The second-order valence-corrected chi connectivity index (χ2v) is 4.82. The van der Waals surface area contributed by atoms with Crippen LogP contribution in [-0.4, -0.2) is 4.99 Å². The molecule has 0 unspecified atom stereocenters. The lowest BCUT2D eigenvalue weighted by Crippen LogP contribution is -2.09. The highest BCUT2D eigenvalue weighted by Crippen LogP contribution is 2.29. The predicted molar refractivity (Wildman–Crippen MR) is 78.1 cm³/mol. The van der Waals surface area contributed by atoms with Crippen LogP contribution < -0.4 is 10.5 Å². The van der Waals surface area contributed by atoms with E-state index in [9.17, 15) is 13.2 Å². The van der Waals surface area contributed by atoms with Crippen LogP contribution in [0.5, 0.6) is 5.75 Å². The fourth-order valence-corrected chi connectivity index (χ4v) is 1.82. The van der Waals surface area contributed by atoms with Gasteiger partial charge in [-0.05, 0) is 29.8 Å². The monoisotopic (exact) mass is 311 g/mol. The summed E-state index contributed by atoms with van der Waals surface area (Å²) in [4.78, 5) is 0.259. The van der Waals surface area contributed by atoms with Gasteiger partial charge in [0.2, 0.25) is 0 Å². The number of rotatable bonds is 4. The van der Waals surface area contributed by atoms with Crippen molar-refractivity contribution in [3.63, 3.8) is 0 Å². The third-order valence-electron chi connectivity index (χ3n) is 2.81. The maximum atomic E-state index is 12.4. The minimum absolute atomic E-state index is 0.166. The molecule has 0 aliphatic rings. The van der Waals surface area contributed by atoms with E-state index in [1.165, 1.54) is 12.1 Å². The van der Waals surface area contributed by atoms with Crippen molar-refractivity contribution < 1.29 is 17.9 Å². The summed E-state index contributed by atoms with van der Waals surface area (Å²) in [5, 5.41) is 0. The van der Waals surface area contributed by atoms with Crippen LogP contribution in [0.25, 0.3) is 0 Å². The molecule has 0 saturated carbocycles. The number of hydrogen-bond donors (Lipinski definition) is 1. The molecule has 0 bridgehead atoms. The van der Waals surface area contributed by atoms with Crippen molar-refractivity contribution >= 4 is 17.2 Å². The standard InChI is InChI=1S/C15H12F3NOS/c16-15(17,18)12-6-4-10(5-7-12)9-20-13-3-1-2-11(8-13)14(19)21/h1-8H,9H2,(H2,19,21). The highest BCUT2D eigenvalue weighted by molar-refractivity contribution is 7.80. The number of benzene rings is 2. The van der Waals surface area contributed by atoms with Crippen LogP contribution in [0, 0.1) is 0 Å². The van der Waals surface area contributed by atoms with Gasteiger partial charge in [0.15, 0.2) is 0 Å². The van der Waals surface area contributed by atoms with Crippen LogP contribution >= 0.6 is 12.2 Å². The Bertz CT molecular complexity index is 638. The van der Waals surface area contributed by atoms with E-state index in [0.29, 0.717) is 16.9 Å². The van der Waals surface area contributed by atoms with Crippen LogP contribution in [0.1, 0.15) is 16.7 Å². The molecule has 2 aromatic carbocycles. The first-order valence-corrected chi connectivity index (χ1v) is 6.46. The van der Waals surface area contributed by atoms with Crippen LogP contribution in [0.15, 0.2) is 48.5 Å². The fraction of sp³-hybridized carbons (Fsp3) is 0.133. The minimum atomic E-state index is -4.33. The number of ether oxygens (including phenoxy) is 1. The number of thiocarbonyl (C=S) groups is 1. The molecule has 0 spiro atoms. The third kappa shape index (κ3) is 4.19. The molecule has 2 rings (SSSR count). The average molecular weight is 311 g/mol. The smallest absolute Gasteiger partial charge is 0.416 e. The van der Waals surface area contributed by atoms with E-state index in [2.05, 4.69) is 0 Å². The average Bonchev–Trinajstić information content (AvgIpc) is 2.45. The van der Waals surface area contributed by atoms with Crippen LogP contribution in [0.3, 0.4) is 0 Å². The largest absolute Gasteiger partial charge is 0.489 e. The molecule has 0 heterocycles. The molecule has 0 aromatic heterocycles. The molecular weight excluding hydrogens is 299 g/mol. The molecule has 0 amide bonds. The molecule has 0 aliphatic heterocycles. The van der Waals surface area contributed by atoms with Gasteiger partial charge in [-0.15, -0.1) is 0 Å². The summed E-state index contributed by atoms with van der Waals surface area (Å²) in [6.07, 6.45) is -4.33. The molecular formula is C15H12F3NOS.